The lowest BCUT2D eigenvalue weighted by Crippen LogP contribution is -2.47. The first-order valence-electron chi connectivity index (χ1n) is 8.27. The van der Waals surface area contributed by atoms with Crippen LogP contribution in [0.1, 0.15) is 71.1 Å². The van der Waals surface area contributed by atoms with Crippen molar-refractivity contribution >= 4 is 5.91 Å². The molecule has 2 aliphatic carbocycles. The second-order valence-corrected chi connectivity index (χ2v) is 6.94. The van der Waals surface area contributed by atoms with Crippen molar-refractivity contribution in [3.8, 4) is 6.07 Å². The normalized spacial score (nSPS) is 30.1. The van der Waals surface area contributed by atoms with Crippen LogP contribution < -0.4 is 0 Å². The molecule has 3 heteroatoms. The van der Waals surface area contributed by atoms with Crippen LogP contribution in [0.15, 0.2) is 0 Å². The Bertz CT molecular complexity index is 369. The van der Waals surface area contributed by atoms with Crippen LogP contribution in [0.4, 0.5) is 0 Å². The van der Waals surface area contributed by atoms with Crippen molar-refractivity contribution in [3.05, 3.63) is 0 Å². The second-order valence-electron chi connectivity index (χ2n) is 6.94. The Labute approximate surface area is 123 Å². The van der Waals surface area contributed by atoms with Gasteiger partial charge in [-0.3, -0.25) is 4.79 Å². The Hall–Kier alpha value is -1.04. The zero-order chi connectivity index (χ0) is 14.6. The van der Waals surface area contributed by atoms with Crippen molar-refractivity contribution in [1.82, 2.24) is 4.90 Å². The van der Waals surface area contributed by atoms with Gasteiger partial charge in [-0.15, -0.1) is 0 Å². The lowest BCUT2D eigenvalue weighted by molar-refractivity contribution is -0.141. The number of carbonyl (C=O) groups excluding carboxylic acids is 1. The molecule has 1 amide bonds. The van der Waals surface area contributed by atoms with E-state index in [1.165, 1.54) is 25.7 Å². The summed E-state index contributed by atoms with van der Waals surface area (Å²) in [5, 5.41) is 9.63. The van der Waals surface area contributed by atoms with Crippen molar-refractivity contribution in [1.29, 1.82) is 5.26 Å². The minimum Gasteiger partial charge on any atom is -0.341 e. The minimum absolute atomic E-state index is 0.0986. The van der Waals surface area contributed by atoms with Crippen molar-refractivity contribution in [2.75, 3.05) is 7.05 Å². The number of carbonyl (C=O) groups is 1. The molecule has 2 fully saturated rings. The molecule has 3 nitrogen and oxygen atoms in total. The maximum absolute atomic E-state index is 12.9. The van der Waals surface area contributed by atoms with Crippen LogP contribution in [0.3, 0.4) is 0 Å². The van der Waals surface area contributed by atoms with E-state index < -0.39 is 5.41 Å². The van der Waals surface area contributed by atoms with E-state index in [-0.39, 0.29) is 5.91 Å². The second kappa shape index (κ2) is 6.61. The third-order valence-electron chi connectivity index (χ3n) is 5.43. The first kappa shape index (κ1) is 15.4. The van der Waals surface area contributed by atoms with E-state index in [2.05, 4.69) is 13.0 Å². The zero-order valence-corrected chi connectivity index (χ0v) is 13.0. The van der Waals surface area contributed by atoms with Crippen LogP contribution in [-0.4, -0.2) is 23.9 Å². The van der Waals surface area contributed by atoms with Gasteiger partial charge in [-0.05, 0) is 44.4 Å². The summed E-state index contributed by atoms with van der Waals surface area (Å²) in [5.41, 5.74) is -0.728. The monoisotopic (exact) mass is 276 g/mol. The molecule has 0 N–H and O–H groups in total. The largest absolute Gasteiger partial charge is 0.341 e. The standard InChI is InChI=1S/C17H28N2O/c1-14-7-9-15(10-8-14)19(2)16(20)17(13-18)11-5-3-4-6-12-17/h14-15H,3-12H2,1-2H3. The molecule has 2 aliphatic rings. The number of rotatable bonds is 2. The Kier molecular flexibility index (Phi) is 5.07. The molecule has 0 heterocycles. The van der Waals surface area contributed by atoms with Gasteiger partial charge in [-0.1, -0.05) is 32.6 Å². The summed E-state index contributed by atoms with van der Waals surface area (Å²) in [5.74, 6) is 0.888. The molecule has 0 spiro atoms. The van der Waals surface area contributed by atoms with Gasteiger partial charge in [0.05, 0.1) is 6.07 Å². The molecular formula is C17H28N2O. The Morgan fingerprint density at radius 2 is 1.65 bits per heavy atom. The highest BCUT2D eigenvalue weighted by molar-refractivity contribution is 5.85. The van der Waals surface area contributed by atoms with E-state index >= 15 is 0 Å². The molecule has 0 saturated heterocycles. The predicted molar refractivity (Wildman–Crippen MR) is 79.9 cm³/mol. The van der Waals surface area contributed by atoms with E-state index in [1.807, 2.05) is 11.9 Å². The molecule has 0 aliphatic heterocycles. The summed E-state index contributed by atoms with van der Waals surface area (Å²) >= 11 is 0. The maximum atomic E-state index is 12.9. The van der Waals surface area contributed by atoms with Gasteiger partial charge in [0.1, 0.15) is 5.41 Å². The van der Waals surface area contributed by atoms with Gasteiger partial charge < -0.3 is 4.90 Å². The lowest BCUT2D eigenvalue weighted by atomic mass is 9.79. The van der Waals surface area contributed by atoms with Gasteiger partial charge in [0.15, 0.2) is 0 Å². The third kappa shape index (κ3) is 3.16. The average molecular weight is 276 g/mol. The maximum Gasteiger partial charge on any atom is 0.243 e. The number of nitriles is 1. The minimum atomic E-state index is -0.728. The summed E-state index contributed by atoms with van der Waals surface area (Å²) in [6.45, 7) is 2.29. The van der Waals surface area contributed by atoms with Gasteiger partial charge in [0.2, 0.25) is 5.91 Å². The highest BCUT2D eigenvalue weighted by atomic mass is 16.2. The molecular weight excluding hydrogens is 248 g/mol. The predicted octanol–water partition coefficient (Wildman–Crippen LogP) is 3.89. The van der Waals surface area contributed by atoms with E-state index in [4.69, 9.17) is 0 Å². The molecule has 0 unspecified atom stereocenters. The molecule has 112 valence electrons. The fourth-order valence-electron chi connectivity index (χ4n) is 3.84. The van der Waals surface area contributed by atoms with E-state index in [0.717, 1.165) is 44.4 Å². The number of nitrogens with zero attached hydrogens (tertiary/aromatic N) is 2. The summed E-state index contributed by atoms with van der Waals surface area (Å²) < 4.78 is 0. The van der Waals surface area contributed by atoms with Gasteiger partial charge in [0, 0.05) is 13.1 Å². The van der Waals surface area contributed by atoms with Gasteiger partial charge in [0.25, 0.3) is 0 Å². The highest BCUT2D eigenvalue weighted by Crippen LogP contribution is 2.37. The topological polar surface area (TPSA) is 44.1 Å². The van der Waals surface area contributed by atoms with Gasteiger partial charge in [-0.2, -0.15) is 5.26 Å². The zero-order valence-electron chi connectivity index (χ0n) is 13.0. The lowest BCUT2D eigenvalue weighted by Gasteiger charge is -2.37. The number of hydrogen-bond acceptors (Lipinski definition) is 2. The average Bonchev–Trinajstić information content (AvgIpc) is 2.73. The van der Waals surface area contributed by atoms with Crippen molar-refractivity contribution in [2.45, 2.75) is 77.2 Å². The smallest absolute Gasteiger partial charge is 0.243 e. The molecule has 0 aromatic carbocycles. The highest BCUT2D eigenvalue weighted by Gasteiger charge is 2.42. The molecule has 20 heavy (non-hydrogen) atoms. The number of amides is 1. The summed E-state index contributed by atoms with van der Waals surface area (Å²) in [7, 11) is 1.92. The van der Waals surface area contributed by atoms with Crippen LogP contribution in [0.25, 0.3) is 0 Å². The van der Waals surface area contributed by atoms with E-state index in [1.54, 1.807) is 0 Å². The molecule has 0 aromatic rings. The Balaban J connectivity index is 2.05. The van der Waals surface area contributed by atoms with Crippen LogP contribution >= 0.6 is 0 Å². The van der Waals surface area contributed by atoms with Crippen LogP contribution in [0.2, 0.25) is 0 Å². The molecule has 0 atom stereocenters. The first-order chi connectivity index (χ1) is 9.59. The van der Waals surface area contributed by atoms with Crippen molar-refractivity contribution < 1.29 is 4.79 Å². The van der Waals surface area contributed by atoms with Crippen molar-refractivity contribution in [2.24, 2.45) is 11.3 Å². The molecule has 0 radical (unpaired) electrons. The van der Waals surface area contributed by atoms with E-state index in [9.17, 15) is 10.1 Å². The third-order valence-corrected chi connectivity index (χ3v) is 5.43. The van der Waals surface area contributed by atoms with E-state index in [0.29, 0.717) is 6.04 Å². The quantitative estimate of drug-likeness (QED) is 0.718. The molecule has 0 aromatic heterocycles. The van der Waals surface area contributed by atoms with Crippen LogP contribution in [-0.2, 0) is 4.79 Å². The molecule has 2 saturated carbocycles. The van der Waals surface area contributed by atoms with Crippen LogP contribution in [0, 0.1) is 22.7 Å². The SMILES string of the molecule is CC1CCC(N(C)C(=O)C2(C#N)CCCCCC2)CC1. The molecule has 2 rings (SSSR count). The summed E-state index contributed by atoms with van der Waals surface area (Å²) in [6.07, 6.45) is 10.5. The summed E-state index contributed by atoms with van der Waals surface area (Å²) in [4.78, 5) is 14.8. The van der Waals surface area contributed by atoms with Gasteiger partial charge >= 0.3 is 0 Å². The van der Waals surface area contributed by atoms with Crippen molar-refractivity contribution in [3.63, 3.8) is 0 Å². The Morgan fingerprint density at radius 3 is 2.15 bits per heavy atom. The van der Waals surface area contributed by atoms with Crippen LogP contribution in [0.5, 0.6) is 0 Å². The number of hydrogen-bond donors (Lipinski definition) is 0. The first-order valence-corrected chi connectivity index (χ1v) is 8.27. The fourth-order valence-corrected chi connectivity index (χ4v) is 3.84. The van der Waals surface area contributed by atoms with Gasteiger partial charge in [-0.25, -0.2) is 0 Å². The fraction of sp³-hybridized carbons (Fsp3) is 0.882. The molecule has 0 bridgehead atoms. The Morgan fingerprint density at radius 1 is 1.10 bits per heavy atom. The summed E-state index contributed by atoms with van der Waals surface area (Å²) in [6, 6.07) is 2.75.